The lowest BCUT2D eigenvalue weighted by atomic mass is 10.1. The van der Waals surface area contributed by atoms with E-state index >= 15 is 0 Å². The molecule has 0 spiro atoms. The Morgan fingerprint density at radius 3 is 2.30 bits per heavy atom. The second-order valence-electron chi connectivity index (χ2n) is 6.44. The minimum atomic E-state index is -0.756. The molecule has 4 heteroatoms. The maximum Gasteiger partial charge on any atom is 0.143 e. The Morgan fingerprint density at radius 2 is 1.52 bits per heavy atom. The first-order valence-corrected chi connectivity index (χ1v) is 9.19. The smallest absolute Gasteiger partial charge is 0.143 e. The monoisotopic (exact) mass is 358 g/mol. The van der Waals surface area contributed by atoms with Gasteiger partial charge in [-0.05, 0) is 36.2 Å². The van der Waals surface area contributed by atoms with Crippen molar-refractivity contribution in [2.45, 2.75) is 19.1 Å². The maximum atomic E-state index is 10.9. The minimum absolute atomic E-state index is 0.609. The molecule has 136 valence electrons. The van der Waals surface area contributed by atoms with Crippen LogP contribution in [0.15, 0.2) is 84.9 Å². The molecule has 0 bridgehead atoms. The summed E-state index contributed by atoms with van der Waals surface area (Å²) in [5.41, 5.74) is 2.77. The van der Waals surface area contributed by atoms with Gasteiger partial charge in [0.1, 0.15) is 17.7 Å². The number of imidazole rings is 1. The number of benzene rings is 3. The molecular weight excluding hydrogens is 336 g/mol. The number of fused-ring (bicyclic) bond motifs is 1. The summed E-state index contributed by atoms with van der Waals surface area (Å²) in [6.07, 6.45) is 0.0673. The zero-order valence-electron chi connectivity index (χ0n) is 15.0. The minimum Gasteiger partial charge on any atom is -0.494 e. The van der Waals surface area contributed by atoms with E-state index in [1.165, 1.54) is 0 Å². The number of hydrogen-bond acceptors (Lipinski definition) is 3. The van der Waals surface area contributed by atoms with E-state index in [9.17, 15) is 5.11 Å². The van der Waals surface area contributed by atoms with Crippen molar-refractivity contribution >= 4 is 11.0 Å². The lowest BCUT2D eigenvalue weighted by molar-refractivity contribution is 0.203. The average Bonchev–Trinajstić information content (AvgIpc) is 3.11. The number of hydrogen-bond donors (Lipinski definition) is 1. The second-order valence-corrected chi connectivity index (χ2v) is 6.44. The zero-order chi connectivity index (χ0) is 18.5. The Balaban J connectivity index is 1.55. The van der Waals surface area contributed by atoms with Gasteiger partial charge in [0, 0.05) is 6.54 Å². The van der Waals surface area contributed by atoms with Crippen LogP contribution in [0.3, 0.4) is 0 Å². The Kier molecular flexibility index (Phi) is 5.17. The first kappa shape index (κ1) is 17.3. The van der Waals surface area contributed by atoms with E-state index in [-0.39, 0.29) is 0 Å². The van der Waals surface area contributed by atoms with Gasteiger partial charge in [0.2, 0.25) is 0 Å². The van der Waals surface area contributed by atoms with Gasteiger partial charge in [0.25, 0.3) is 0 Å². The van der Waals surface area contributed by atoms with Gasteiger partial charge < -0.3 is 14.4 Å². The first-order chi connectivity index (χ1) is 13.3. The van der Waals surface area contributed by atoms with Crippen molar-refractivity contribution in [1.29, 1.82) is 0 Å². The van der Waals surface area contributed by atoms with E-state index in [2.05, 4.69) is 4.57 Å². The van der Waals surface area contributed by atoms with Gasteiger partial charge in [-0.2, -0.15) is 0 Å². The lowest BCUT2D eigenvalue weighted by Crippen LogP contribution is -2.12. The van der Waals surface area contributed by atoms with Crippen LogP contribution in [0.25, 0.3) is 11.0 Å². The summed E-state index contributed by atoms with van der Waals surface area (Å²) in [7, 11) is 0. The van der Waals surface area contributed by atoms with E-state index < -0.39 is 6.10 Å². The number of nitrogens with zero attached hydrogens (tertiary/aromatic N) is 2. The van der Waals surface area contributed by atoms with Crippen molar-refractivity contribution in [3.8, 4) is 5.75 Å². The highest BCUT2D eigenvalue weighted by atomic mass is 16.5. The molecule has 4 rings (SSSR count). The summed E-state index contributed by atoms with van der Waals surface area (Å²) in [6, 6.07) is 27.5. The fourth-order valence-electron chi connectivity index (χ4n) is 3.25. The summed E-state index contributed by atoms with van der Waals surface area (Å²) in [5.74, 6) is 1.54. The fourth-order valence-corrected chi connectivity index (χ4v) is 3.25. The van der Waals surface area contributed by atoms with Gasteiger partial charge in [-0.25, -0.2) is 4.98 Å². The molecule has 1 heterocycles. The Bertz CT molecular complexity index is 997. The Morgan fingerprint density at radius 1 is 0.852 bits per heavy atom. The predicted molar refractivity (Wildman–Crippen MR) is 107 cm³/mol. The molecule has 1 aromatic heterocycles. The van der Waals surface area contributed by atoms with Gasteiger partial charge in [-0.1, -0.05) is 60.7 Å². The molecule has 0 aliphatic carbocycles. The quantitative estimate of drug-likeness (QED) is 0.492. The maximum absolute atomic E-state index is 10.9. The van der Waals surface area contributed by atoms with E-state index in [1.807, 2.05) is 84.9 Å². The van der Waals surface area contributed by atoms with Gasteiger partial charge in [-0.15, -0.1) is 0 Å². The largest absolute Gasteiger partial charge is 0.494 e. The highest BCUT2D eigenvalue weighted by Gasteiger charge is 2.19. The Labute approximate surface area is 158 Å². The van der Waals surface area contributed by atoms with E-state index in [0.717, 1.165) is 35.3 Å². The normalized spacial score (nSPS) is 12.2. The van der Waals surface area contributed by atoms with Crippen molar-refractivity contribution < 1.29 is 9.84 Å². The summed E-state index contributed by atoms with van der Waals surface area (Å²) >= 11 is 0. The summed E-state index contributed by atoms with van der Waals surface area (Å²) < 4.78 is 7.90. The molecule has 1 atom stereocenters. The Hall–Kier alpha value is -3.11. The number of ether oxygens (including phenoxy) is 1. The van der Waals surface area contributed by atoms with Crippen LogP contribution in [0.5, 0.6) is 5.75 Å². The topological polar surface area (TPSA) is 47.3 Å². The molecule has 0 radical (unpaired) electrons. The SMILES string of the molecule is OC(c1ccccc1)c1nc2ccccc2n1CCCOc1ccccc1. The van der Waals surface area contributed by atoms with Crippen molar-refractivity contribution in [2.75, 3.05) is 6.61 Å². The van der Waals surface area contributed by atoms with Crippen LogP contribution in [0.1, 0.15) is 23.9 Å². The molecule has 0 saturated heterocycles. The molecular formula is C23H22N2O2. The van der Waals surface area contributed by atoms with E-state index in [1.54, 1.807) is 0 Å². The van der Waals surface area contributed by atoms with Crippen LogP contribution in [-0.4, -0.2) is 21.3 Å². The van der Waals surface area contributed by atoms with Gasteiger partial charge in [0.15, 0.2) is 0 Å². The third-order valence-electron chi connectivity index (χ3n) is 4.58. The molecule has 0 aliphatic rings. The molecule has 4 aromatic rings. The number of aryl methyl sites for hydroxylation is 1. The first-order valence-electron chi connectivity index (χ1n) is 9.19. The molecule has 0 aliphatic heterocycles. The number of aliphatic hydroxyl groups excluding tert-OH is 1. The lowest BCUT2D eigenvalue weighted by Gasteiger charge is -2.14. The zero-order valence-corrected chi connectivity index (χ0v) is 15.0. The molecule has 1 N–H and O–H groups in total. The third kappa shape index (κ3) is 3.86. The summed E-state index contributed by atoms with van der Waals surface area (Å²) in [4.78, 5) is 4.70. The van der Waals surface area contributed by atoms with Crippen LogP contribution in [0, 0.1) is 0 Å². The highest BCUT2D eigenvalue weighted by molar-refractivity contribution is 5.76. The fraction of sp³-hybridized carbons (Fsp3) is 0.174. The van der Waals surface area contributed by atoms with Crippen molar-refractivity contribution in [2.24, 2.45) is 0 Å². The van der Waals surface area contributed by atoms with Crippen LogP contribution in [0.2, 0.25) is 0 Å². The van der Waals surface area contributed by atoms with Crippen molar-refractivity contribution in [3.63, 3.8) is 0 Å². The standard InChI is InChI=1S/C23H22N2O2/c26-22(18-10-3-1-4-11-18)23-24-20-14-7-8-15-21(20)25(23)16-9-17-27-19-12-5-2-6-13-19/h1-8,10-15,22,26H,9,16-17H2. The van der Waals surface area contributed by atoms with E-state index in [0.29, 0.717) is 12.4 Å². The van der Waals surface area contributed by atoms with Crippen LogP contribution >= 0.6 is 0 Å². The van der Waals surface area contributed by atoms with E-state index in [4.69, 9.17) is 9.72 Å². The molecule has 0 amide bonds. The van der Waals surface area contributed by atoms with Gasteiger partial charge in [0.05, 0.1) is 17.6 Å². The summed E-state index contributed by atoms with van der Waals surface area (Å²) in [5, 5.41) is 10.9. The number of para-hydroxylation sites is 3. The number of rotatable bonds is 7. The highest BCUT2D eigenvalue weighted by Crippen LogP contribution is 2.26. The van der Waals surface area contributed by atoms with Crippen LogP contribution in [0.4, 0.5) is 0 Å². The van der Waals surface area contributed by atoms with Crippen LogP contribution in [-0.2, 0) is 6.54 Å². The van der Waals surface area contributed by atoms with Crippen molar-refractivity contribution in [1.82, 2.24) is 9.55 Å². The predicted octanol–water partition coefficient (Wildman–Crippen LogP) is 4.59. The number of aliphatic hydroxyl groups is 1. The molecule has 0 fully saturated rings. The number of aromatic nitrogens is 2. The van der Waals surface area contributed by atoms with Gasteiger partial charge in [-0.3, -0.25) is 0 Å². The van der Waals surface area contributed by atoms with Gasteiger partial charge >= 0.3 is 0 Å². The molecule has 27 heavy (non-hydrogen) atoms. The molecule has 0 saturated carbocycles. The molecule has 1 unspecified atom stereocenters. The van der Waals surface area contributed by atoms with Crippen LogP contribution < -0.4 is 4.74 Å². The second kappa shape index (κ2) is 8.06. The average molecular weight is 358 g/mol. The molecule has 4 nitrogen and oxygen atoms in total. The summed E-state index contributed by atoms with van der Waals surface area (Å²) in [6.45, 7) is 1.34. The third-order valence-corrected chi connectivity index (χ3v) is 4.58. The molecule has 3 aromatic carbocycles. The van der Waals surface area contributed by atoms with Crippen molar-refractivity contribution in [3.05, 3.63) is 96.3 Å².